The summed E-state index contributed by atoms with van der Waals surface area (Å²) in [5.74, 6) is 0.493. The molecule has 186 valence electrons. The number of ether oxygens (including phenoxy) is 1. The van der Waals surface area contributed by atoms with Crippen molar-refractivity contribution in [3.63, 3.8) is 0 Å². The summed E-state index contributed by atoms with van der Waals surface area (Å²) in [6.07, 6.45) is -1.91. The van der Waals surface area contributed by atoms with Crippen molar-refractivity contribution in [2.24, 2.45) is 5.41 Å². The first-order chi connectivity index (χ1) is 15.9. The molecule has 2 aromatic rings. The molecular formula is C22H28F3IN6O2. The first-order valence-corrected chi connectivity index (χ1v) is 12.3. The van der Waals surface area contributed by atoms with Crippen LogP contribution in [0.25, 0.3) is 5.69 Å². The number of hydrogen-bond donors (Lipinski definition) is 0. The van der Waals surface area contributed by atoms with Crippen molar-refractivity contribution in [2.45, 2.75) is 58.4 Å². The molecule has 2 fully saturated rings. The van der Waals surface area contributed by atoms with Crippen molar-refractivity contribution in [3.05, 3.63) is 33.2 Å². The molecule has 4 rings (SSSR count). The van der Waals surface area contributed by atoms with Crippen LogP contribution in [0.3, 0.4) is 0 Å². The monoisotopic (exact) mass is 592 g/mol. The van der Waals surface area contributed by atoms with Crippen LogP contribution in [0.2, 0.25) is 0 Å². The summed E-state index contributed by atoms with van der Waals surface area (Å²) in [5, 5.41) is 11.7. The Morgan fingerprint density at radius 2 is 1.82 bits per heavy atom. The quantitative estimate of drug-likeness (QED) is 0.489. The summed E-state index contributed by atoms with van der Waals surface area (Å²) >= 11 is 1.68. The second kappa shape index (κ2) is 9.25. The predicted octanol–water partition coefficient (Wildman–Crippen LogP) is 4.51. The Balaban J connectivity index is 1.39. The summed E-state index contributed by atoms with van der Waals surface area (Å²) in [7, 11) is 0. The number of hydrogen-bond acceptors (Lipinski definition) is 6. The Labute approximate surface area is 209 Å². The number of rotatable bonds is 3. The van der Waals surface area contributed by atoms with Crippen molar-refractivity contribution in [3.8, 4) is 5.69 Å². The molecule has 1 amide bonds. The van der Waals surface area contributed by atoms with Gasteiger partial charge >= 0.3 is 12.3 Å². The average Bonchev–Trinajstić information content (AvgIpc) is 3.36. The predicted molar refractivity (Wildman–Crippen MR) is 126 cm³/mol. The minimum Gasteiger partial charge on any atom is -0.444 e. The summed E-state index contributed by atoms with van der Waals surface area (Å²) in [6.45, 7) is 9.02. The van der Waals surface area contributed by atoms with Crippen molar-refractivity contribution in [1.82, 2.24) is 30.0 Å². The smallest absolute Gasteiger partial charge is 0.417 e. The topological polar surface area (TPSA) is 76.4 Å². The van der Waals surface area contributed by atoms with Crippen LogP contribution in [0.15, 0.2) is 18.2 Å². The molecular weight excluding hydrogens is 564 g/mol. The van der Waals surface area contributed by atoms with Gasteiger partial charge in [0.1, 0.15) is 5.60 Å². The Bertz CT molecular complexity index is 1040. The molecule has 1 spiro atoms. The van der Waals surface area contributed by atoms with Gasteiger partial charge in [-0.1, -0.05) is 0 Å². The third-order valence-electron chi connectivity index (χ3n) is 6.41. The zero-order chi connectivity index (χ0) is 24.7. The van der Waals surface area contributed by atoms with Crippen LogP contribution < -0.4 is 0 Å². The number of benzene rings is 1. The number of halogens is 4. The van der Waals surface area contributed by atoms with Gasteiger partial charge in [-0.05, 0) is 110 Å². The highest BCUT2D eigenvalue weighted by Gasteiger charge is 2.43. The average molecular weight is 592 g/mol. The van der Waals surface area contributed by atoms with Crippen molar-refractivity contribution >= 4 is 28.7 Å². The van der Waals surface area contributed by atoms with Crippen LogP contribution in [0, 0.1) is 8.99 Å². The van der Waals surface area contributed by atoms with E-state index in [-0.39, 0.29) is 20.8 Å². The highest BCUT2D eigenvalue weighted by atomic mass is 127. The SMILES string of the molecule is CC(C)(C)OC(=O)N1CCC2(CCN(Cc3nnnn3-c3ccc(I)c(C(F)(F)F)c3)CC2)C1. The second-order valence-corrected chi connectivity index (χ2v) is 11.3. The van der Waals surface area contributed by atoms with Gasteiger partial charge in [-0.25, -0.2) is 4.79 Å². The number of tetrazole rings is 1. The molecule has 1 aromatic heterocycles. The Kier molecular flexibility index (Phi) is 6.84. The molecule has 2 aliphatic rings. The maximum absolute atomic E-state index is 13.3. The van der Waals surface area contributed by atoms with E-state index in [9.17, 15) is 18.0 Å². The Hall–Kier alpha value is -1.96. The number of carbonyl (C=O) groups excluding carboxylic acids is 1. The van der Waals surface area contributed by atoms with Gasteiger partial charge < -0.3 is 9.64 Å². The zero-order valence-electron chi connectivity index (χ0n) is 19.4. The molecule has 1 aromatic carbocycles. The van der Waals surface area contributed by atoms with Gasteiger partial charge in [0.15, 0.2) is 5.82 Å². The van der Waals surface area contributed by atoms with Crippen LogP contribution in [0.5, 0.6) is 0 Å². The lowest BCUT2D eigenvalue weighted by molar-refractivity contribution is -0.138. The molecule has 3 heterocycles. The van der Waals surface area contributed by atoms with Crippen molar-refractivity contribution in [1.29, 1.82) is 0 Å². The normalized spacial score (nSPS) is 19.1. The Morgan fingerprint density at radius 3 is 2.47 bits per heavy atom. The first-order valence-electron chi connectivity index (χ1n) is 11.2. The van der Waals surface area contributed by atoms with Gasteiger partial charge in [0.25, 0.3) is 0 Å². The summed E-state index contributed by atoms with van der Waals surface area (Å²) in [4.78, 5) is 16.5. The lowest BCUT2D eigenvalue weighted by Gasteiger charge is -2.39. The number of nitrogens with zero attached hydrogens (tertiary/aromatic N) is 6. The van der Waals surface area contributed by atoms with Gasteiger partial charge in [-0.15, -0.1) is 5.10 Å². The van der Waals surface area contributed by atoms with Gasteiger partial charge in [0, 0.05) is 16.7 Å². The van der Waals surface area contributed by atoms with E-state index in [0.29, 0.717) is 25.5 Å². The maximum atomic E-state index is 13.3. The minimum atomic E-state index is -4.45. The molecule has 2 aliphatic heterocycles. The third kappa shape index (κ3) is 5.64. The highest BCUT2D eigenvalue weighted by Crippen LogP contribution is 2.41. The van der Waals surface area contributed by atoms with Crippen LogP contribution in [0.4, 0.5) is 18.0 Å². The fourth-order valence-corrected chi connectivity index (χ4v) is 5.22. The molecule has 12 heteroatoms. The van der Waals surface area contributed by atoms with Gasteiger partial charge in [0.05, 0.1) is 17.8 Å². The second-order valence-electron chi connectivity index (χ2n) is 10.1. The molecule has 0 N–H and O–H groups in total. The Morgan fingerprint density at radius 1 is 1.15 bits per heavy atom. The minimum absolute atomic E-state index is 0.0804. The van der Waals surface area contributed by atoms with Crippen LogP contribution in [-0.2, 0) is 17.5 Å². The summed E-state index contributed by atoms with van der Waals surface area (Å²) in [5.41, 5.74) is -0.859. The van der Waals surface area contributed by atoms with E-state index < -0.39 is 17.3 Å². The van der Waals surface area contributed by atoms with Crippen molar-refractivity contribution < 1.29 is 22.7 Å². The van der Waals surface area contributed by atoms with E-state index in [2.05, 4.69) is 20.4 Å². The number of amides is 1. The van der Waals surface area contributed by atoms with E-state index >= 15 is 0 Å². The number of alkyl halides is 3. The molecule has 8 nitrogen and oxygen atoms in total. The van der Waals surface area contributed by atoms with Crippen LogP contribution >= 0.6 is 22.6 Å². The molecule has 0 aliphatic carbocycles. The van der Waals surface area contributed by atoms with Gasteiger partial charge in [-0.2, -0.15) is 17.9 Å². The number of piperidine rings is 1. The zero-order valence-corrected chi connectivity index (χ0v) is 21.6. The van der Waals surface area contributed by atoms with E-state index in [1.54, 1.807) is 33.6 Å². The fourth-order valence-electron chi connectivity index (χ4n) is 4.58. The molecule has 0 atom stereocenters. The van der Waals surface area contributed by atoms with E-state index in [4.69, 9.17) is 4.74 Å². The van der Waals surface area contributed by atoms with Gasteiger partial charge in [0.2, 0.25) is 0 Å². The standard InChI is InChI=1S/C22H28F3IN6O2/c1-20(2,3)34-19(33)31-11-8-21(14-31)6-9-30(10-7-21)13-18-27-28-29-32(18)15-4-5-17(26)16(12-15)22(23,24)25/h4-5,12H,6-11,13-14H2,1-3H3. The van der Waals surface area contributed by atoms with E-state index in [1.165, 1.54) is 10.7 Å². The molecule has 0 bridgehead atoms. The lowest BCUT2D eigenvalue weighted by atomic mass is 9.78. The third-order valence-corrected chi connectivity index (χ3v) is 7.35. The molecule has 0 radical (unpaired) electrons. The fraction of sp³-hybridized carbons (Fsp3) is 0.636. The molecule has 34 heavy (non-hydrogen) atoms. The first kappa shape index (κ1) is 25.1. The summed E-state index contributed by atoms with van der Waals surface area (Å²) in [6, 6.07) is 4.09. The van der Waals surface area contributed by atoms with Crippen LogP contribution in [-0.4, -0.2) is 67.9 Å². The molecule has 2 saturated heterocycles. The maximum Gasteiger partial charge on any atom is 0.417 e. The number of aromatic nitrogens is 4. The van der Waals surface area contributed by atoms with Crippen molar-refractivity contribution in [2.75, 3.05) is 26.2 Å². The van der Waals surface area contributed by atoms with E-state index in [0.717, 1.165) is 38.4 Å². The molecule has 0 saturated carbocycles. The highest BCUT2D eigenvalue weighted by molar-refractivity contribution is 14.1. The van der Waals surface area contributed by atoms with E-state index in [1.807, 2.05) is 20.8 Å². The van der Waals surface area contributed by atoms with Gasteiger partial charge in [-0.3, -0.25) is 4.90 Å². The molecule has 0 unspecified atom stereocenters. The number of carbonyl (C=O) groups is 1. The summed E-state index contributed by atoms with van der Waals surface area (Å²) < 4.78 is 47.0. The largest absolute Gasteiger partial charge is 0.444 e. The van der Waals surface area contributed by atoms with Crippen LogP contribution in [0.1, 0.15) is 51.4 Å². The lowest BCUT2D eigenvalue weighted by Crippen LogP contribution is -2.43. The number of likely N-dealkylation sites (tertiary alicyclic amines) is 2.